The summed E-state index contributed by atoms with van der Waals surface area (Å²) in [5, 5.41) is 4.45. The summed E-state index contributed by atoms with van der Waals surface area (Å²) >= 11 is 1.22. The molecule has 36 heavy (non-hydrogen) atoms. The number of rotatable bonds is 9. The standard InChI is InChI=1S/C26H34N6O3S/c1-4-7-8-9-10-13-16-31-18-15-12-11-14-17(18)19(23(31)33)20-24(34)32-22-21(27-28-25(32)36-20)29(5-2)26(35)30(22)6-3/h11-12,14-15,21-22,27H,4-10,13,16H2,1-3H3/b20-19-. The third kappa shape index (κ3) is 3.82. The van der Waals surface area contributed by atoms with Crippen molar-refractivity contribution in [1.82, 2.24) is 19.8 Å². The fourth-order valence-electron chi connectivity index (χ4n) is 5.54. The summed E-state index contributed by atoms with van der Waals surface area (Å²) in [6.45, 7) is 7.64. The number of carbonyl (C=O) groups excluding carboxylic acids is 2. The Morgan fingerprint density at radius 1 is 0.944 bits per heavy atom. The smallest absolute Gasteiger partial charge is 0.308 e. The quantitative estimate of drug-likeness (QED) is 0.525. The lowest BCUT2D eigenvalue weighted by atomic mass is 10.1. The van der Waals surface area contributed by atoms with Gasteiger partial charge in [-0.05, 0) is 26.3 Å². The van der Waals surface area contributed by atoms with E-state index in [1.54, 1.807) is 14.4 Å². The average Bonchev–Trinajstić information content (AvgIpc) is 3.46. The number of anilines is 1. The van der Waals surface area contributed by atoms with Crippen LogP contribution in [0.25, 0.3) is 5.57 Å². The SMILES string of the molecule is CCCCCCCCN1C(=O)/C(=c2\sc3n(c2=O)C2C(NN=3)N(CC)C(=O)N2CC)c2ccccc21. The van der Waals surface area contributed by atoms with Gasteiger partial charge < -0.3 is 4.90 Å². The van der Waals surface area contributed by atoms with E-state index in [-0.39, 0.29) is 17.5 Å². The zero-order valence-corrected chi connectivity index (χ0v) is 22.0. The Bertz CT molecular complexity index is 1350. The number of thiazole rings is 1. The summed E-state index contributed by atoms with van der Waals surface area (Å²) < 4.78 is 1.98. The monoisotopic (exact) mass is 510 g/mol. The number of hydrogen-bond acceptors (Lipinski definition) is 6. The van der Waals surface area contributed by atoms with Gasteiger partial charge in [-0.15, -0.1) is 5.10 Å². The lowest BCUT2D eigenvalue weighted by Gasteiger charge is -2.29. The van der Waals surface area contributed by atoms with Gasteiger partial charge in [0, 0.05) is 25.2 Å². The number of para-hydroxylation sites is 1. The number of hydrogen-bond donors (Lipinski definition) is 1. The molecule has 1 saturated heterocycles. The number of amides is 3. The molecule has 5 rings (SSSR count). The number of nitrogens with zero attached hydrogens (tertiary/aromatic N) is 5. The third-order valence-corrected chi connectivity index (χ3v) is 8.42. The molecule has 0 aliphatic carbocycles. The van der Waals surface area contributed by atoms with Gasteiger partial charge in [0.1, 0.15) is 4.53 Å². The van der Waals surface area contributed by atoms with E-state index >= 15 is 0 Å². The number of carbonyl (C=O) groups is 2. The van der Waals surface area contributed by atoms with Gasteiger partial charge in [0.15, 0.2) is 12.3 Å². The number of fused-ring (bicyclic) bond motifs is 4. The largest absolute Gasteiger partial charge is 0.323 e. The van der Waals surface area contributed by atoms with Crippen molar-refractivity contribution in [3.63, 3.8) is 0 Å². The molecular formula is C26H34N6O3S. The van der Waals surface area contributed by atoms with Gasteiger partial charge in [0.2, 0.25) is 4.80 Å². The molecule has 1 N–H and O–H groups in total. The van der Waals surface area contributed by atoms with Crippen LogP contribution in [0.4, 0.5) is 10.5 Å². The molecule has 2 atom stereocenters. The summed E-state index contributed by atoms with van der Waals surface area (Å²) in [5.74, 6) is -0.129. The highest BCUT2D eigenvalue weighted by molar-refractivity contribution is 7.07. The Labute approximate surface area is 214 Å². The van der Waals surface area contributed by atoms with Gasteiger partial charge in [0.05, 0.1) is 11.3 Å². The molecule has 9 nitrogen and oxygen atoms in total. The van der Waals surface area contributed by atoms with Crippen LogP contribution in [0, 0.1) is 0 Å². The first kappa shape index (κ1) is 24.5. The number of nitrogens with one attached hydrogen (secondary N) is 1. The van der Waals surface area contributed by atoms with Gasteiger partial charge >= 0.3 is 6.03 Å². The zero-order valence-electron chi connectivity index (χ0n) is 21.2. The van der Waals surface area contributed by atoms with Crippen molar-refractivity contribution in [3.8, 4) is 0 Å². The molecule has 1 aromatic carbocycles. The normalized spacial score (nSPS) is 21.9. The molecule has 0 spiro atoms. The van der Waals surface area contributed by atoms with E-state index in [1.165, 1.54) is 37.0 Å². The number of benzene rings is 1. The summed E-state index contributed by atoms with van der Waals surface area (Å²) in [5.41, 5.74) is 4.92. The van der Waals surface area contributed by atoms with Crippen molar-refractivity contribution in [2.24, 2.45) is 5.10 Å². The van der Waals surface area contributed by atoms with Gasteiger partial charge in [0.25, 0.3) is 11.5 Å². The summed E-state index contributed by atoms with van der Waals surface area (Å²) in [6, 6.07) is 7.59. The van der Waals surface area contributed by atoms with Crippen molar-refractivity contribution in [3.05, 3.63) is 49.5 Å². The number of aromatic nitrogens is 1. The zero-order chi connectivity index (χ0) is 25.4. The molecular weight excluding hydrogens is 476 g/mol. The molecule has 1 aromatic heterocycles. The van der Waals surface area contributed by atoms with E-state index in [9.17, 15) is 14.4 Å². The molecule has 192 valence electrons. The molecule has 4 heterocycles. The first-order chi connectivity index (χ1) is 17.5. The highest BCUT2D eigenvalue weighted by Gasteiger charge is 2.48. The second-order valence-electron chi connectivity index (χ2n) is 9.46. The molecule has 0 radical (unpaired) electrons. The number of urea groups is 1. The van der Waals surface area contributed by atoms with E-state index in [1.807, 2.05) is 43.0 Å². The first-order valence-corrected chi connectivity index (χ1v) is 13.9. The number of unbranched alkanes of at least 4 members (excludes halogenated alkanes) is 5. The van der Waals surface area contributed by atoms with Crippen molar-refractivity contribution in [2.45, 2.75) is 71.6 Å². The minimum atomic E-state index is -0.501. The van der Waals surface area contributed by atoms with Crippen molar-refractivity contribution in [1.29, 1.82) is 0 Å². The summed E-state index contributed by atoms with van der Waals surface area (Å²) in [4.78, 5) is 46.2. The Morgan fingerprint density at radius 2 is 1.67 bits per heavy atom. The minimum Gasteiger partial charge on any atom is -0.308 e. The van der Waals surface area contributed by atoms with E-state index in [2.05, 4.69) is 17.5 Å². The van der Waals surface area contributed by atoms with Crippen molar-refractivity contribution >= 4 is 34.5 Å². The molecule has 10 heteroatoms. The molecule has 2 aromatic rings. The van der Waals surface area contributed by atoms with Crippen LogP contribution < -0.4 is 25.2 Å². The van der Waals surface area contributed by atoms with E-state index < -0.39 is 12.3 Å². The molecule has 2 unspecified atom stereocenters. The van der Waals surface area contributed by atoms with Gasteiger partial charge in [-0.3, -0.25) is 29.4 Å². The molecule has 1 fully saturated rings. The van der Waals surface area contributed by atoms with Crippen LogP contribution in [0.1, 0.15) is 71.0 Å². The molecule has 3 aliphatic rings. The first-order valence-electron chi connectivity index (χ1n) is 13.1. The molecule has 3 aliphatic heterocycles. The molecule has 0 bridgehead atoms. The summed E-state index contributed by atoms with van der Waals surface area (Å²) in [7, 11) is 0. The van der Waals surface area contributed by atoms with Crippen LogP contribution in [-0.4, -0.2) is 52.1 Å². The van der Waals surface area contributed by atoms with E-state index in [0.717, 1.165) is 24.1 Å². The van der Waals surface area contributed by atoms with Crippen molar-refractivity contribution < 1.29 is 9.59 Å². The van der Waals surface area contributed by atoms with Crippen molar-refractivity contribution in [2.75, 3.05) is 24.5 Å². The predicted molar refractivity (Wildman–Crippen MR) is 140 cm³/mol. The maximum atomic E-state index is 13.9. The second-order valence-corrected chi connectivity index (χ2v) is 10.4. The van der Waals surface area contributed by atoms with Crippen LogP contribution in [0.3, 0.4) is 0 Å². The Balaban J connectivity index is 1.54. The van der Waals surface area contributed by atoms with Crippen LogP contribution in [0.15, 0.2) is 34.2 Å². The Morgan fingerprint density at radius 3 is 2.42 bits per heavy atom. The second kappa shape index (κ2) is 10.1. The molecule has 3 amide bonds. The number of likely N-dealkylation sites (N-methyl/N-ethyl adjacent to an activating group) is 2. The van der Waals surface area contributed by atoms with Crippen LogP contribution >= 0.6 is 11.3 Å². The van der Waals surface area contributed by atoms with Crippen LogP contribution in [0.2, 0.25) is 0 Å². The average molecular weight is 511 g/mol. The van der Waals surface area contributed by atoms with Crippen LogP contribution in [-0.2, 0) is 4.79 Å². The molecule has 0 saturated carbocycles. The van der Waals surface area contributed by atoms with Crippen LogP contribution in [0.5, 0.6) is 0 Å². The Kier molecular flexibility index (Phi) is 6.87. The van der Waals surface area contributed by atoms with Gasteiger partial charge in [-0.25, -0.2) is 4.79 Å². The highest BCUT2D eigenvalue weighted by Crippen LogP contribution is 2.35. The third-order valence-electron chi connectivity index (χ3n) is 7.37. The predicted octanol–water partition coefficient (Wildman–Crippen LogP) is 2.56. The maximum absolute atomic E-state index is 13.9. The minimum absolute atomic E-state index is 0.120. The summed E-state index contributed by atoms with van der Waals surface area (Å²) in [6.07, 6.45) is 5.94. The lowest BCUT2D eigenvalue weighted by Crippen LogP contribution is -2.53. The fourth-order valence-corrected chi connectivity index (χ4v) is 6.60. The maximum Gasteiger partial charge on any atom is 0.323 e. The van der Waals surface area contributed by atoms with E-state index in [0.29, 0.717) is 34.5 Å². The topological polar surface area (TPSA) is 90.2 Å². The van der Waals surface area contributed by atoms with E-state index in [4.69, 9.17) is 0 Å². The lowest BCUT2D eigenvalue weighted by molar-refractivity contribution is -0.113. The Hall–Kier alpha value is -3.14. The fraction of sp³-hybridized carbons (Fsp3) is 0.538. The van der Waals surface area contributed by atoms with Gasteiger partial charge in [-0.1, -0.05) is 68.6 Å². The highest BCUT2D eigenvalue weighted by atomic mass is 32.1. The van der Waals surface area contributed by atoms with Gasteiger partial charge in [-0.2, -0.15) is 0 Å².